The Hall–Kier alpha value is -3.71. The number of sulfonamides is 2. The van der Waals surface area contributed by atoms with Crippen LogP contribution < -0.4 is 24.5 Å². The molecule has 7 rings (SSSR count). The molecule has 39 nitrogen and oxygen atoms in total. The predicted octanol–water partition coefficient (Wildman–Crippen LogP) is 14.2. The van der Waals surface area contributed by atoms with Gasteiger partial charge in [0.25, 0.3) is 28.4 Å². The number of nitro groups is 5. The summed E-state index contributed by atoms with van der Waals surface area (Å²) in [7, 11) is -4.76. The van der Waals surface area contributed by atoms with Crippen molar-refractivity contribution in [3.8, 4) is 0 Å². The van der Waals surface area contributed by atoms with E-state index >= 15 is 0 Å². The van der Waals surface area contributed by atoms with Crippen molar-refractivity contribution in [2.24, 2.45) is 0 Å². The first-order valence-electron chi connectivity index (χ1n) is 43.3. The van der Waals surface area contributed by atoms with Gasteiger partial charge in [0.1, 0.15) is 9.79 Å². The Bertz CT molecular complexity index is 5290. The Balaban J connectivity index is 0.000000441. The van der Waals surface area contributed by atoms with Crippen molar-refractivity contribution in [2.45, 2.75) is 71.9 Å². The van der Waals surface area contributed by atoms with Crippen molar-refractivity contribution in [3.63, 3.8) is 0 Å². The average molecular weight is 2680 g/mol. The number of nitro benzene ring substituents is 5. The van der Waals surface area contributed by atoms with Crippen LogP contribution >= 0.6 is 159 Å². The second kappa shape index (κ2) is 63.6. The van der Waals surface area contributed by atoms with Crippen LogP contribution in [0.5, 0.6) is 0 Å². The number of benzene rings is 5. The lowest BCUT2D eigenvalue weighted by atomic mass is 10.1. The molecule has 0 atom stereocenters. The van der Waals surface area contributed by atoms with Crippen LogP contribution in [0.1, 0.15) is 40.7 Å². The quantitative estimate of drug-likeness (QED) is 0.0198. The molecule has 0 aromatic heterocycles. The van der Waals surface area contributed by atoms with Crippen molar-refractivity contribution in [2.75, 3.05) is 315 Å². The molecule has 0 aliphatic carbocycles. The third-order valence-electron chi connectivity index (χ3n) is 21.3. The van der Waals surface area contributed by atoms with Gasteiger partial charge in [0.15, 0.2) is 29.5 Å². The molecule has 0 spiro atoms. The number of aryl methyl sites for hydroxylation is 5. The summed E-state index contributed by atoms with van der Waals surface area (Å²) in [5.74, 6) is -0.187. The maximum Gasteiger partial charge on any atom is 0.271 e. The number of ether oxygens (including phenoxy) is 2. The minimum atomic E-state index is -3.93. The fourth-order valence-electron chi connectivity index (χ4n) is 14.5. The minimum Gasteiger partial charge on any atom is -0.379 e. The van der Waals surface area contributed by atoms with Crippen LogP contribution in [0.15, 0.2) is 85.1 Å². The van der Waals surface area contributed by atoms with E-state index in [0.29, 0.717) is 254 Å². The molecule has 137 heavy (non-hydrogen) atoms. The normalized spacial score (nSPS) is 13.4. The average Bonchev–Trinajstić information content (AvgIpc) is 0.707. The number of nitrogens with zero attached hydrogens (tertiary/aromatic N) is 17. The molecule has 2 saturated heterocycles. The van der Waals surface area contributed by atoms with Gasteiger partial charge < -0.3 is 48.7 Å². The summed E-state index contributed by atoms with van der Waals surface area (Å²) in [6, 6.07) is 13.1. The van der Waals surface area contributed by atoms with Gasteiger partial charge in [0.05, 0.1) is 111 Å². The lowest BCUT2D eigenvalue weighted by molar-refractivity contribution is -0.385. The Labute approximate surface area is 892 Å². The van der Waals surface area contributed by atoms with E-state index in [1.807, 2.05) is 62.5 Å². The highest BCUT2D eigenvalue weighted by atomic mass is 79.9. The maximum absolute atomic E-state index is 13.5. The second-order valence-electron chi connectivity index (χ2n) is 32.3. The summed E-state index contributed by atoms with van der Waals surface area (Å²) in [6.45, 7) is 23.5. The molecule has 0 unspecified atom stereocenters. The molecule has 0 bridgehead atoms. The van der Waals surface area contributed by atoms with Crippen molar-refractivity contribution in [1.82, 2.24) is 33.1 Å². The molecule has 0 N–H and O–H groups in total. The summed E-state index contributed by atoms with van der Waals surface area (Å²) < 4.78 is 145. The van der Waals surface area contributed by atoms with Gasteiger partial charge in [-0.2, -0.15) is 8.61 Å². The number of morpholine rings is 2. The van der Waals surface area contributed by atoms with Crippen LogP contribution in [-0.2, 0) is 59.0 Å². The molecule has 54 heteroatoms. The third-order valence-corrected chi connectivity index (χ3v) is 33.9. The maximum atomic E-state index is 13.5. The van der Waals surface area contributed by atoms with Crippen LogP contribution in [-0.4, -0.2) is 391 Å². The van der Waals surface area contributed by atoms with Gasteiger partial charge in [0, 0.05) is 252 Å². The smallest absolute Gasteiger partial charge is 0.271 e. The summed E-state index contributed by atoms with van der Waals surface area (Å²) in [5, 5.41) is 63.1. The second-order valence-corrected chi connectivity index (χ2v) is 50.5. The lowest BCUT2D eigenvalue weighted by Crippen LogP contribution is -2.42. The number of hydrogen-bond donors (Lipinski definition) is 0. The minimum absolute atomic E-state index is 0.0272. The van der Waals surface area contributed by atoms with Crippen molar-refractivity contribution in [1.29, 1.82) is 0 Å². The zero-order chi connectivity index (χ0) is 104. The van der Waals surface area contributed by atoms with Gasteiger partial charge in [-0.3, -0.25) is 60.4 Å². The molecule has 2 heterocycles. The molecule has 0 saturated carbocycles. The Kier molecular flexibility index (Phi) is 59.2. The van der Waals surface area contributed by atoms with Gasteiger partial charge in [-0.25, -0.2) is 42.1 Å². The monoisotopic (exact) mass is 2660 g/mol. The van der Waals surface area contributed by atoms with Gasteiger partial charge in [0.2, 0.25) is 20.0 Å². The number of anilines is 5. The zero-order valence-electron chi connectivity index (χ0n) is 79.5. The topological polar surface area (TPSA) is 444 Å². The Morgan fingerprint density at radius 2 is 0.504 bits per heavy atom. The van der Waals surface area contributed by atoms with E-state index in [0.717, 1.165) is 26.2 Å². The van der Waals surface area contributed by atoms with E-state index < -0.39 is 74.2 Å². The van der Waals surface area contributed by atoms with Gasteiger partial charge >= 0.3 is 0 Å². The van der Waals surface area contributed by atoms with E-state index in [9.17, 15) is 92.7 Å². The van der Waals surface area contributed by atoms with Crippen LogP contribution in [0.4, 0.5) is 56.9 Å². The summed E-state index contributed by atoms with van der Waals surface area (Å²) in [4.78, 5) is 73.4. The largest absolute Gasteiger partial charge is 0.379 e. The molecule has 2 aliphatic heterocycles. The number of non-ortho nitro benzene ring substituents is 5. The molecule has 0 amide bonds. The molecular formula is C83H129Br10N17O22S5. The summed E-state index contributed by atoms with van der Waals surface area (Å²) in [6.07, 6.45) is 0.938. The number of sulfone groups is 3. The fourth-order valence-corrected chi connectivity index (χ4v) is 26.7. The summed E-state index contributed by atoms with van der Waals surface area (Å²) in [5.41, 5.74) is 4.50. The molecule has 5 aromatic carbocycles. The fraction of sp³-hybridized carbons (Fsp3) is 0.639. The SMILES string of the molecule is Cc1cc([N+](=O)[O-])cc(S(=O)(=O)CCCN(C)C)c1N(CCBr)CCBr.Cc1cc([N+](=O)[O-])cc(S(=O)(=O)CCCN2CCOCC2)c1N(CCBr)CCBr.Cc1cc([N+](=O)[O-])cc(S(=O)(=O)CCN(C)C)c1N(CCBr)CCBr.Cc1cc([N+](=O)[O-])cc(S(=O)(=O)N(C)CCN(C)C)c1N(CCBr)CCBr.Cc1cc([N+](=O)[O-])cc(S(=O)(=O)N(C)CCN2CCOCC2)c1N(CCBr)CCBr. The Morgan fingerprint density at radius 3 is 0.745 bits per heavy atom. The first kappa shape index (κ1) is 127. The number of hydrogen-bond acceptors (Lipinski definition) is 32. The van der Waals surface area contributed by atoms with Gasteiger partial charge in [-0.05, 0) is 131 Å². The number of likely N-dealkylation sites (N-methyl/N-ethyl adjacent to an activating group) is 3. The number of rotatable bonds is 54. The highest BCUT2D eigenvalue weighted by Gasteiger charge is 2.36. The van der Waals surface area contributed by atoms with Crippen LogP contribution in [0.3, 0.4) is 0 Å². The summed E-state index contributed by atoms with van der Waals surface area (Å²) >= 11 is 34.0. The van der Waals surface area contributed by atoms with E-state index in [1.165, 1.54) is 83.4 Å². The van der Waals surface area contributed by atoms with Crippen LogP contribution in [0, 0.1) is 85.2 Å². The van der Waals surface area contributed by atoms with Crippen LogP contribution in [0.25, 0.3) is 0 Å². The van der Waals surface area contributed by atoms with E-state index in [-0.39, 0.29) is 76.7 Å². The van der Waals surface area contributed by atoms with Crippen LogP contribution in [0.2, 0.25) is 0 Å². The van der Waals surface area contributed by atoms with Crippen molar-refractivity contribution in [3.05, 3.63) is 139 Å². The van der Waals surface area contributed by atoms with E-state index in [2.05, 4.69) is 169 Å². The molecule has 0 radical (unpaired) electrons. The first-order valence-corrected chi connectivity index (χ1v) is 62.4. The standard InChI is InChI=1S/C18H28Br2N4O5S.C18H27Br2N3O5S.C16H26Br2N4O4S.C16H25Br2N3O4S.C15H23Br2N3O4S/c1-15-13-16(24(25)26)14-17(18(15)23(5-3-19)6-4-20)30(27,28)21(2)7-8-22-9-11-29-12-10-22;1-15-13-16(23(24)25)14-17(18(15)22(6-3-19)7-4-20)29(26,27)12-2-5-21-8-10-28-11-9-21;1-13-11-14(22(23)24)12-15(16(13)21(7-5-17)8-6-18)27(25,26)20(4)10-9-19(2)3;1-13-11-14(21(22)23)12-15(16(13)20(8-5-17)9-6-18)26(24,25)10-4-7-19(2)3;1-12-10-13(20(21)22)11-14(25(23,24)9-8-18(2)3)15(12)19(6-4-16)7-5-17/h13-14H,3-12H2,1-2H3;13-14H,2-12H2,1H3;11-12H,5-10H2,1-4H3;11-12H,4-10H2,1-3H3;10-11H,4-9H2,1-3H3. The molecule has 2 fully saturated rings. The number of alkyl halides is 10. The number of halogens is 10. The van der Waals surface area contributed by atoms with Crippen molar-refractivity contribution < 1.29 is 76.2 Å². The molecule has 778 valence electrons. The highest BCUT2D eigenvalue weighted by molar-refractivity contribution is 9.10. The third kappa shape index (κ3) is 40.9. The van der Waals surface area contributed by atoms with Crippen molar-refractivity contribution >= 4 is 266 Å². The molecule has 2 aliphatic rings. The first-order chi connectivity index (χ1) is 64.3. The predicted molar refractivity (Wildman–Crippen MR) is 583 cm³/mol. The van der Waals surface area contributed by atoms with E-state index in [4.69, 9.17) is 9.47 Å². The van der Waals surface area contributed by atoms with Gasteiger partial charge in [-0.15, -0.1) is 0 Å². The Morgan fingerprint density at radius 1 is 0.285 bits per heavy atom. The molecule has 5 aromatic rings. The zero-order valence-corrected chi connectivity index (χ0v) is 99.4. The highest BCUT2D eigenvalue weighted by Crippen LogP contribution is 2.41. The van der Waals surface area contributed by atoms with E-state index in [1.54, 1.807) is 53.6 Å². The lowest BCUT2D eigenvalue weighted by Gasteiger charge is -2.30. The molecular weight excluding hydrogens is 2550 g/mol. The van der Waals surface area contributed by atoms with Gasteiger partial charge in [-0.1, -0.05) is 159 Å².